The highest BCUT2D eigenvalue weighted by Gasteiger charge is 2.24. The molecular formula is C20H13ClF3N3. The van der Waals surface area contributed by atoms with Crippen LogP contribution in [-0.2, 0) is 0 Å². The summed E-state index contributed by atoms with van der Waals surface area (Å²) in [6.45, 7) is 3.90. The van der Waals surface area contributed by atoms with E-state index in [0.717, 1.165) is 11.1 Å². The minimum Gasteiger partial charge on any atom is -0.283 e. The number of aryl methyl sites for hydroxylation is 2. The maximum atomic E-state index is 14.6. The highest BCUT2D eigenvalue weighted by atomic mass is 35.5. The monoisotopic (exact) mass is 387 g/mol. The molecule has 0 saturated heterocycles. The fraction of sp³-hybridized carbons (Fsp3) is 0.100. The van der Waals surface area contributed by atoms with E-state index in [1.54, 1.807) is 10.6 Å². The molecule has 2 aromatic carbocycles. The molecule has 0 saturated carbocycles. The molecule has 136 valence electrons. The first kappa shape index (κ1) is 17.5. The van der Waals surface area contributed by atoms with Crippen molar-refractivity contribution in [3.05, 3.63) is 76.5 Å². The smallest absolute Gasteiger partial charge is 0.235 e. The molecule has 2 aromatic heterocycles. The van der Waals surface area contributed by atoms with E-state index in [1.807, 2.05) is 32.0 Å². The number of hydrogen-bond donors (Lipinski definition) is 0. The Bertz CT molecular complexity index is 1180. The topological polar surface area (TPSA) is 30.2 Å². The molecule has 4 rings (SSSR count). The summed E-state index contributed by atoms with van der Waals surface area (Å²) in [5, 5.41) is -0.119. The van der Waals surface area contributed by atoms with Gasteiger partial charge in [-0.15, -0.1) is 0 Å². The summed E-state index contributed by atoms with van der Waals surface area (Å²) in [5.41, 5.74) is 2.79. The first-order valence-corrected chi connectivity index (χ1v) is 8.49. The molecule has 0 unspecified atom stereocenters. The van der Waals surface area contributed by atoms with Crippen LogP contribution < -0.4 is 0 Å². The summed E-state index contributed by atoms with van der Waals surface area (Å²) in [6.07, 6.45) is 3.15. The molecule has 0 N–H and O–H groups in total. The first-order chi connectivity index (χ1) is 12.9. The van der Waals surface area contributed by atoms with Crippen molar-refractivity contribution in [1.29, 1.82) is 0 Å². The van der Waals surface area contributed by atoms with Gasteiger partial charge in [0.25, 0.3) is 0 Å². The van der Waals surface area contributed by atoms with Gasteiger partial charge in [0.15, 0.2) is 0 Å². The van der Waals surface area contributed by atoms with Crippen LogP contribution in [0.1, 0.15) is 11.1 Å². The summed E-state index contributed by atoms with van der Waals surface area (Å²) in [5.74, 6) is -2.82. The molecule has 0 aliphatic rings. The first-order valence-electron chi connectivity index (χ1n) is 8.12. The largest absolute Gasteiger partial charge is 0.283 e. The Hall–Kier alpha value is -2.86. The van der Waals surface area contributed by atoms with Gasteiger partial charge in [0.05, 0.1) is 11.3 Å². The van der Waals surface area contributed by atoms with Gasteiger partial charge in [-0.2, -0.15) is 4.98 Å². The normalized spacial score (nSPS) is 11.3. The van der Waals surface area contributed by atoms with E-state index >= 15 is 0 Å². The average Bonchev–Trinajstić information content (AvgIpc) is 3.04. The van der Waals surface area contributed by atoms with Crippen molar-refractivity contribution in [2.24, 2.45) is 0 Å². The van der Waals surface area contributed by atoms with Gasteiger partial charge in [-0.25, -0.2) is 18.2 Å². The average molecular weight is 388 g/mol. The Kier molecular flexibility index (Phi) is 4.15. The Morgan fingerprint density at radius 2 is 1.63 bits per heavy atom. The van der Waals surface area contributed by atoms with Crippen LogP contribution in [-0.4, -0.2) is 14.4 Å². The van der Waals surface area contributed by atoms with Gasteiger partial charge < -0.3 is 0 Å². The molecule has 0 aliphatic carbocycles. The molecule has 0 spiro atoms. The van der Waals surface area contributed by atoms with Gasteiger partial charge in [-0.05, 0) is 36.6 Å². The predicted octanol–water partition coefficient (Wildman–Crippen LogP) is 5.75. The number of rotatable bonds is 2. The Morgan fingerprint density at radius 3 is 2.30 bits per heavy atom. The number of aromatic nitrogens is 3. The second-order valence-electron chi connectivity index (χ2n) is 6.27. The summed E-state index contributed by atoms with van der Waals surface area (Å²) < 4.78 is 44.1. The van der Waals surface area contributed by atoms with Gasteiger partial charge in [-0.1, -0.05) is 23.7 Å². The minimum atomic E-state index is -1.05. The molecular weight excluding hydrogens is 375 g/mol. The van der Waals surface area contributed by atoms with E-state index in [2.05, 4.69) is 9.97 Å². The summed E-state index contributed by atoms with van der Waals surface area (Å²) >= 11 is 6.31. The summed E-state index contributed by atoms with van der Waals surface area (Å²) in [7, 11) is 0. The van der Waals surface area contributed by atoms with Crippen molar-refractivity contribution in [2.45, 2.75) is 13.8 Å². The summed E-state index contributed by atoms with van der Waals surface area (Å²) in [6, 6.07) is 6.87. The molecule has 0 radical (unpaired) electrons. The molecule has 7 heteroatoms. The number of halogens is 4. The molecule has 0 fully saturated rings. The van der Waals surface area contributed by atoms with Crippen molar-refractivity contribution in [1.82, 2.24) is 14.4 Å². The van der Waals surface area contributed by atoms with Crippen LogP contribution in [0.15, 0.2) is 42.7 Å². The zero-order valence-corrected chi connectivity index (χ0v) is 15.2. The standard InChI is InChI=1S/C20H13ClF3N3/c1-10-3-4-12(7-11(10)2)18-17(16-14(23)8-13(22)9-15(16)24)19(21)26-20-25-5-6-27(18)20/h3-9H,1-2H3. The fourth-order valence-corrected chi connectivity index (χ4v) is 3.35. The van der Waals surface area contributed by atoms with Crippen molar-refractivity contribution < 1.29 is 13.2 Å². The number of fused-ring (bicyclic) bond motifs is 1. The Balaban J connectivity index is 2.16. The van der Waals surface area contributed by atoms with Gasteiger partial charge in [0.2, 0.25) is 5.78 Å². The molecule has 3 nitrogen and oxygen atoms in total. The predicted molar refractivity (Wildman–Crippen MR) is 98.2 cm³/mol. The van der Waals surface area contributed by atoms with E-state index in [4.69, 9.17) is 11.6 Å². The number of nitrogens with zero attached hydrogens (tertiary/aromatic N) is 3. The van der Waals surface area contributed by atoms with Crippen LogP contribution in [0.3, 0.4) is 0 Å². The third-order valence-corrected chi connectivity index (χ3v) is 4.81. The van der Waals surface area contributed by atoms with Crippen molar-refractivity contribution in [3.8, 4) is 22.4 Å². The molecule has 0 atom stereocenters. The Morgan fingerprint density at radius 1 is 0.926 bits per heavy atom. The third kappa shape index (κ3) is 2.86. The molecule has 2 heterocycles. The van der Waals surface area contributed by atoms with E-state index in [0.29, 0.717) is 29.2 Å². The maximum absolute atomic E-state index is 14.6. The third-order valence-electron chi connectivity index (χ3n) is 4.54. The second-order valence-corrected chi connectivity index (χ2v) is 6.62. The lowest BCUT2D eigenvalue weighted by Gasteiger charge is -2.16. The minimum absolute atomic E-state index is 0.0421. The van der Waals surface area contributed by atoms with Crippen LogP contribution in [0.5, 0.6) is 0 Å². The van der Waals surface area contributed by atoms with Gasteiger partial charge in [0.1, 0.15) is 22.6 Å². The van der Waals surface area contributed by atoms with E-state index < -0.39 is 23.0 Å². The lowest BCUT2D eigenvalue weighted by atomic mass is 9.97. The molecule has 0 aliphatic heterocycles. The van der Waals surface area contributed by atoms with Crippen LogP contribution in [0.2, 0.25) is 5.15 Å². The van der Waals surface area contributed by atoms with Crippen molar-refractivity contribution in [3.63, 3.8) is 0 Å². The highest BCUT2D eigenvalue weighted by Crippen LogP contribution is 2.40. The second kappa shape index (κ2) is 6.39. The molecule has 4 aromatic rings. The molecule has 0 bridgehead atoms. The van der Waals surface area contributed by atoms with Crippen molar-refractivity contribution >= 4 is 17.4 Å². The number of imidazole rings is 1. The van der Waals surface area contributed by atoms with Gasteiger partial charge in [0, 0.05) is 30.1 Å². The lowest BCUT2D eigenvalue weighted by Crippen LogP contribution is -2.03. The van der Waals surface area contributed by atoms with Gasteiger partial charge >= 0.3 is 0 Å². The van der Waals surface area contributed by atoms with Crippen LogP contribution in [0, 0.1) is 31.3 Å². The van der Waals surface area contributed by atoms with Crippen molar-refractivity contribution in [2.75, 3.05) is 0 Å². The van der Waals surface area contributed by atoms with Crippen LogP contribution in [0.4, 0.5) is 13.2 Å². The zero-order valence-electron chi connectivity index (χ0n) is 14.4. The highest BCUT2D eigenvalue weighted by molar-refractivity contribution is 6.33. The van der Waals surface area contributed by atoms with Crippen LogP contribution >= 0.6 is 11.6 Å². The van der Waals surface area contributed by atoms with Gasteiger partial charge in [-0.3, -0.25) is 4.40 Å². The zero-order chi connectivity index (χ0) is 19.3. The van der Waals surface area contributed by atoms with Crippen LogP contribution in [0.25, 0.3) is 28.2 Å². The maximum Gasteiger partial charge on any atom is 0.235 e. The molecule has 27 heavy (non-hydrogen) atoms. The Labute approximate surface area is 158 Å². The molecule has 0 amide bonds. The quantitative estimate of drug-likeness (QED) is 0.410. The van der Waals surface area contributed by atoms with E-state index in [1.165, 1.54) is 6.20 Å². The SMILES string of the molecule is Cc1ccc(-c2c(-c3c(F)cc(F)cc3F)c(Cl)nc3nccn23)cc1C. The summed E-state index contributed by atoms with van der Waals surface area (Å²) in [4.78, 5) is 8.25. The number of benzene rings is 2. The fourth-order valence-electron chi connectivity index (χ4n) is 3.09. The van der Waals surface area contributed by atoms with E-state index in [9.17, 15) is 13.2 Å². The van der Waals surface area contributed by atoms with E-state index in [-0.39, 0.29) is 10.7 Å². The number of hydrogen-bond acceptors (Lipinski definition) is 2. The lowest BCUT2D eigenvalue weighted by molar-refractivity contribution is 0.548.